The lowest BCUT2D eigenvalue weighted by molar-refractivity contribution is 0.389. The number of methoxy groups -OCH3 is 1. The SMILES string of the molecule is COc1c(C(C)CCBr)cc(C)cc1C(C)(C)C. The Hall–Kier alpha value is -0.500. The molecule has 1 atom stereocenters. The van der Waals surface area contributed by atoms with E-state index >= 15 is 0 Å². The predicted octanol–water partition coefficient (Wildman–Crippen LogP) is 5.19. The molecule has 0 N–H and O–H groups in total. The molecule has 2 heteroatoms. The molecule has 0 aliphatic rings. The third-order valence-corrected chi connectivity index (χ3v) is 3.81. The van der Waals surface area contributed by atoms with Gasteiger partial charge >= 0.3 is 0 Å². The fourth-order valence-corrected chi connectivity index (χ4v) is 2.96. The smallest absolute Gasteiger partial charge is 0.126 e. The Morgan fingerprint density at radius 1 is 1.28 bits per heavy atom. The summed E-state index contributed by atoms with van der Waals surface area (Å²) in [6.45, 7) is 11.2. The topological polar surface area (TPSA) is 9.23 Å². The Balaban J connectivity index is 3.38. The van der Waals surface area contributed by atoms with Crippen LogP contribution >= 0.6 is 15.9 Å². The summed E-state index contributed by atoms with van der Waals surface area (Å²) in [5.41, 5.74) is 4.07. The summed E-state index contributed by atoms with van der Waals surface area (Å²) >= 11 is 3.53. The van der Waals surface area contributed by atoms with Crippen molar-refractivity contribution in [2.45, 2.75) is 52.4 Å². The largest absolute Gasteiger partial charge is 0.496 e. The van der Waals surface area contributed by atoms with Gasteiger partial charge in [-0.05, 0) is 30.2 Å². The van der Waals surface area contributed by atoms with Crippen molar-refractivity contribution in [2.24, 2.45) is 0 Å². The first-order valence-electron chi connectivity index (χ1n) is 6.56. The maximum atomic E-state index is 5.71. The van der Waals surface area contributed by atoms with Gasteiger partial charge in [0.05, 0.1) is 7.11 Å². The maximum Gasteiger partial charge on any atom is 0.126 e. The fourth-order valence-electron chi connectivity index (χ4n) is 2.27. The highest BCUT2D eigenvalue weighted by Gasteiger charge is 2.23. The molecule has 1 unspecified atom stereocenters. The molecular formula is C16H25BrO. The summed E-state index contributed by atoms with van der Waals surface area (Å²) in [4.78, 5) is 0. The second-order valence-corrected chi connectivity index (χ2v) is 6.86. The summed E-state index contributed by atoms with van der Waals surface area (Å²) in [7, 11) is 1.78. The molecule has 0 aromatic heterocycles. The van der Waals surface area contributed by atoms with E-state index < -0.39 is 0 Å². The average molecular weight is 313 g/mol. The van der Waals surface area contributed by atoms with Gasteiger partial charge in [0.25, 0.3) is 0 Å². The van der Waals surface area contributed by atoms with Gasteiger partial charge in [0.1, 0.15) is 5.75 Å². The molecule has 0 radical (unpaired) electrons. The monoisotopic (exact) mass is 312 g/mol. The summed E-state index contributed by atoms with van der Waals surface area (Å²) in [6, 6.07) is 4.52. The molecular weight excluding hydrogens is 288 g/mol. The van der Waals surface area contributed by atoms with Gasteiger partial charge in [-0.3, -0.25) is 0 Å². The highest BCUT2D eigenvalue weighted by Crippen LogP contribution is 2.39. The van der Waals surface area contributed by atoms with Crippen molar-refractivity contribution in [1.29, 1.82) is 0 Å². The Morgan fingerprint density at radius 3 is 2.33 bits per heavy atom. The average Bonchev–Trinajstić information content (AvgIpc) is 2.27. The lowest BCUT2D eigenvalue weighted by Gasteiger charge is -2.26. The number of aryl methyl sites for hydroxylation is 1. The van der Waals surface area contributed by atoms with Crippen LogP contribution in [0.25, 0.3) is 0 Å². The van der Waals surface area contributed by atoms with E-state index in [2.05, 4.69) is 62.7 Å². The quantitative estimate of drug-likeness (QED) is 0.695. The van der Waals surface area contributed by atoms with E-state index in [1.807, 2.05) is 0 Å². The van der Waals surface area contributed by atoms with Crippen molar-refractivity contribution in [2.75, 3.05) is 12.4 Å². The van der Waals surface area contributed by atoms with Crippen molar-refractivity contribution in [3.8, 4) is 5.75 Å². The standard InChI is InChI=1S/C16H25BrO/c1-11-9-13(12(2)7-8-17)15(18-6)14(10-11)16(3,4)5/h9-10,12H,7-8H2,1-6H3. The third kappa shape index (κ3) is 3.50. The second kappa shape index (κ2) is 6.10. The van der Waals surface area contributed by atoms with Gasteiger partial charge in [-0.2, -0.15) is 0 Å². The Morgan fingerprint density at radius 2 is 1.89 bits per heavy atom. The summed E-state index contributed by atoms with van der Waals surface area (Å²) in [6.07, 6.45) is 1.13. The van der Waals surface area contributed by atoms with Crippen molar-refractivity contribution >= 4 is 15.9 Å². The van der Waals surface area contributed by atoms with Crippen LogP contribution in [-0.2, 0) is 5.41 Å². The molecule has 0 aliphatic heterocycles. The first-order chi connectivity index (χ1) is 8.31. The van der Waals surface area contributed by atoms with Gasteiger partial charge in [-0.15, -0.1) is 0 Å². The van der Waals surface area contributed by atoms with Crippen LogP contribution in [0.3, 0.4) is 0 Å². The molecule has 0 aliphatic carbocycles. The van der Waals surface area contributed by atoms with Crippen LogP contribution < -0.4 is 4.74 Å². The van der Waals surface area contributed by atoms with E-state index in [4.69, 9.17) is 4.74 Å². The van der Waals surface area contributed by atoms with Gasteiger partial charge in [0, 0.05) is 10.9 Å². The summed E-state index contributed by atoms with van der Waals surface area (Å²) in [5.74, 6) is 1.59. The predicted molar refractivity (Wildman–Crippen MR) is 83.3 cm³/mol. The van der Waals surface area contributed by atoms with E-state index in [0.29, 0.717) is 5.92 Å². The molecule has 0 spiro atoms. The van der Waals surface area contributed by atoms with E-state index in [1.54, 1.807) is 7.11 Å². The highest BCUT2D eigenvalue weighted by atomic mass is 79.9. The van der Waals surface area contributed by atoms with Crippen LogP contribution in [0.1, 0.15) is 56.7 Å². The molecule has 0 saturated carbocycles. The van der Waals surface area contributed by atoms with Crippen molar-refractivity contribution in [3.05, 3.63) is 28.8 Å². The first-order valence-corrected chi connectivity index (χ1v) is 7.68. The van der Waals surface area contributed by atoms with Crippen LogP contribution in [-0.4, -0.2) is 12.4 Å². The molecule has 0 heterocycles. The van der Waals surface area contributed by atoms with Gasteiger partial charge in [0.15, 0.2) is 0 Å². The van der Waals surface area contributed by atoms with Gasteiger partial charge in [-0.25, -0.2) is 0 Å². The number of alkyl halides is 1. The molecule has 0 bridgehead atoms. The van der Waals surface area contributed by atoms with Gasteiger partial charge < -0.3 is 4.74 Å². The summed E-state index contributed by atoms with van der Waals surface area (Å²) < 4.78 is 5.71. The van der Waals surface area contributed by atoms with E-state index in [0.717, 1.165) is 17.5 Å². The molecule has 1 aromatic carbocycles. The van der Waals surface area contributed by atoms with Crippen molar-refractivity contribution in [1.82, 2.24) is 0 Å². The number of ether oxygens (including phenoxy) is 1. The molecule has 1 aromatic rings. The number of benzene rings is 1. The van der Waals surface area contributed by atoms with Gasteiger partial charge in [-0.1, -0.05) is 61.3 Å². The maximum absolute atomic E-state index is 5.71. The Kier molecular flexibility index (Phi) is 5.27. The Labute approximate surface area is 120 Å². The molecule has 1 rings (SSSR count). The van der Waals surface area contributed by atoms with Crippen LogP contribution in [0.5, 0.6) is 5.75 Å². The normalized spacial score (nSPS) is 13.5. The minimum Gasteiger partial charge on any atom is -0.496 e. The highest BCUT2D eigenvalue weighted by molar-refractivity contribution is 9.09. The molecule has 0 fully saturated rings. The van der Waals surface area contributed by atoms with E-state index in [9.17, 15) is 0 Å². The minimum atomic E-state index is 0.111. The van der Waals surface area contributed by atoms with Gasteiger partial charge in [0.2, 0.25) is 0 Å². The van der Waals surface area contributed by atoms with Crippen LogP contribution in [0.4, 0.5) is 0 Å². The minimum absolute atomic E-state index is 0.111. The molecule has 0 saturated heterocycles. The zero-order valence-corrected chi connectivity index (χ0v) is 14.0. The van der Waals surface area contributed by atoms with Crippen LogP contribution in [0.15, 0.2) is 12.1 Å². The van der Waals surface area contributed by atoms with Crippen LogP contribution in [0.2, 0.25) is 0 Å². The fraction of sp³-hybridized carbons (Fsp3) is 0.625. The Bertz CT molecular complexity index is 404. The third-order valence-electron chi connectivity index (χ3n) is 3.35. The zero-order chi connectivity index (χ0) is 13.9. The summed E-state index contributed by atoms with van der Waals surface area (Å²) in [5, 5.41) is 1.02. The lowest BCUT2D eigenvalue weighted by atomic mass is 9.82. The van der Waals surface area contributed by atoms with Crippen molar-refractivity contribution < 1.29 is 4.74 Å². The molecule has 102 valence electrons. The second-order valence-electron chi connectivity index (χ2n) is 6.06. The molecule has 1 nitrogen and oxygen atoms in total. The number of hydrogen-bond acceptors (Lipinski definition) is 1. The number of rotatable bonds is 4. The molecule has 0 amide bonds. The number of hydrogen-bond donors (Lipinski definition) is 0. The lowest BCUT2D eigenvalue weighted by Crippen LogP contribution is -2.15. The molecule has 18 heavy (non-hydrogen) atoms. The zero-order valence-electron chi connectivity index (χ0n) is 12.4. The first kappa shape index (κ1) is 15.6. The van der Waals surface area contributed by atoms with E-state index in [1.165, 1.54) is 16.7 Å². The van der Waals surface area contributed by atoms with E-state index in [-0.39, 0.29) is 5.41 Å². The van der Waals surface area contributed by atoms with Crippen LogP contribution in [0, 0.1) is 6.92 Å². The number of halogens is 1. The van der Waals surface area contributed by atoms with Crippen molar-refractivity contribution in [3.63, 3.8) is 0 Å².